The van der Waals surface area contributed by atoms with Crippen LogP contribution in [0.1, 0.15) is 61.8 Å². The highest BCUT2D eigenvalue weighted by Gasteiger charge is 2.82. The molecule has 212 valence electrons. The molecule has 0 amide bonds. The molecule has 2 aromatic carbocycles. The minimum Gasteiger partial charge on any atom is -0.459 e. The van der Waals surface area contributed by atoms with Crippen LogP contribution in [0.4, 0.5) is 0 Å². The zero-order chi connectivity index (χ0) is 29.0. The van der Waals surface area contributed by atoms with E-state index in [1.165, 1.54) is 6.92 Å². The monoisotopic (exact) mass is 550 g/mol. The number of fused-ring (bicyclic) bond motifs is 1. The van der Waals surface area contributed by atoms with Gasteiger partial charge in [0.2, 0.25) is 0 Å². The van der Waals surface area contributed by atoms with Gasteiger partial charge in [-0.15, -0.1) is 0 Å². The number of carbonyl (C=O) groups excluding carboxylic acids is 4. The maximum atomic E-state index is 13.5. The number of hydrogen-bond donors (Lipinski definition) is 1. The van der Waals surface area contributed by atoms with E-state index in [-0.39, 0.29) is 17.5 Å². The van der Waals surface area contributed by atoms with E-state index in [2.05, 4.69) is 0 Å². The van der Waals surface area contributed by atoms with Crippen molar-refractivity contribution in [2.24, 2.45) is 17.3 Å². The number of rotatable bonds is 5. The summed E-state index contributed by atoms with van der Waals surface area (Å²) < 4.78 is 25.0. The van der Waals surface area contributed by atoms with Crippen LogP contribution in [0.3, 0.4) is 0 Å². The first-order chi connectivity index (χ1) is 18.8. The summed E-state index contributed by atoms with van der Waals surface area (Å²) in [5.41, 5.74) is -3.67. The largest absolute Gasteiger partial charge is 0.459 e. The lowest BCUT2D eigenvalue weighted by molar-refractivity contribution is -0.286. The molecule has 2 aliphatic carbocycles. The van der Waals surface area contributed by atoms with Crippen molar-refractivity contribution in [3.05, 3.63) is 71.8 Å². The number of aliphatic hydroxyl groups excluding tert-OH is 1. The average Bonchev–Trinajstić information content (AvgIpc) is 3.12. The molecule has 1 heterocycles. The lowest BCUT2D eigenvalue weighted by Gasteiger charge is -2.61. The van der Waals surface area contributed by atoms with Crippen LogP contribution in [-0.2, 0) is 28.5 Å². The lowest BCUT2D eigenvalue weighted by Crippen LogP contribution is -2.78. The van der Waals surface area contributed by atoms with Gasteiger partial charge in [-0.1, -0.05) is 43.3 Å². The summed E-state index contributed by atoms with van der Waals surface area (Å²) in [7, 11) is 0. The molecular formula is C31H34O9. The molecule has 1 spiro atoms. The Hall–Kier alpha value is -3.56. The molecule has 2 saturated carbocycles. The van der Waals surface area contributed by atoms with E-state index >= 15 is 0 Å². The molecule has 1 saturated heterocycles. The van der Waals surface area contributed by atoms with Crippen LogP contribution in [0.15, 0.2) is 60.7 Å². The van der Waals surface area contributed by atoms with Crippen LogP contribution < -0.4 is 0 Å². The van der Waals surface area contributed by atoms with Crippen molar-refractivity contribution < 1.29 is 43.2 Å². The number of benzene rings is 2. The first-order valence-corrected chi connectivity index (χ1v) is 13.4. The molecule has 1 N–H and O–H groups in total. The summed E-state index contributed by atoms with van der Waals surface area (Å²) in [6.07, 6.45) is -5.28. The highest BCUT2D eigenvalue weighted by Crippen LogP contribution is 2.67. The minimum atomic E-state index is -1.66. The molecule has 40 heavy (non-hydrogen) atoms. The van der Waals surface area contributed by atoms with E-state index in [1.54, 1.807) is 88.4 Å². The molecule has 8 unspecified atom stereocenters. The van der Waals surface area contributed by atoms with Gasteiger partial charge in [0, 0.05) is 13.3 Å². The smallest absolute Gasteiger partial charge is 0.338 e. The van der Waals surface area contributed by atoms with Crippen molar-refractivity contribution in [2.45, 2.75) is 76.7 Å². The Bertz CT molecular complexity index is 1320. The molecule has 2 aromatic rings. The number of carbonyl (C=O) groups is 4. The Morgan fingerprint density at radius 3 is 1.90 bits per heavy atom. The highest BCUT2D eigenvalue weighted by atomic mass is 16.6. The molecule has 5 rings (SSSR count). The number of ketones is 1. The summed E-state index contributed by atoms with van der Waals surface area (Å²) in [6.45, 7) is 8.21. The summed E-state index contributed by atoms with van der Waals surface area (Å²) in [6, 6.07) is 16.6. The molecule has 8 atom stereocenters. The standard InChI is InChI=1S/C31H34O9/c1-17-16-21(33)24(34)30(5)26(39-28(36)20-14-10-7-11-15-20)23(38-27(35)19-12-8-6-9-13-19)22-25(37-18(2)32)31(17,30)40-29(22,3)4/h6-15,17,22-26,34H,16H2,1-5H3. The number of esters is 3. The zero-order valence-electron chi connectivity index (χ0n) is 23.2. The lowest BCUT2D eigenvalue weighted by atomic mass is 9.48. The summed E-state index contributed by atoms with van der Waals surface area (Å²) in [4.78, 5) is 52.6. The first kappa shape index (κ1) is 28.0. The third-order valence-corrected chi connectivity index (χ3v) is 8.97. The predicted molar refractivity (Wildman–Crippen MR) is 141 cm³/mol. The molecule has 9 nitrogen and oxygen atoms in total. The maximum Gasteiger partial charge on any atom is 0.338 e. The van der Waals surface area contributed by atoms with Gasteiger partial charge < -0.3 is 24.1 Å². The van der Waals surface area contributed by atoms with E-state index in [4.69, 9.17) is 18.9 Å². The molecule has 9 heteroatoms. The van der Waals surface area contributed by atoms with Gasteiger partial charge in [0.05, 0.1) is 28.1 Å². The van der Waals surface area contributed by atoms with Crippen LogP contribution in [0.5, 0.6) is 0 Å². The van der Waals surface area contributed by atoms with Crippen molar-refractivity contribution >= 4 is 23.7 Å². The van der Waals surface area contributed by atoms with Crippen molar-refractivity contribution in [2.75, 3.05) is 0 Å². The van der Waals surface area contributed by atoms with Gasteiger partial charge in [-0.2, -0.15) is 0 Å². The highest BCUT2D eigenvalue weighted by molar-refractivity contribution is 5.91. The van der Waals surface area contributed by atoms with E-state index in [9.17, 15) is 24.3 Å². The summed E-state index contributed by atoms with van der Waals surface area (Å²) >= 11 is 0. The minimum absolute atomic E-state index is 0.0366. The van der Waals surface area contributed by atoms with Crippen molar-refractivity contribution in [3.63, 3.8) is 0 Å². The Labute approximate surface area is 232 Å². The van der Waals surface area contributed by atoms with Gasteiger partial charge in [-0.25, -0.2) is 9.59 Å². The SMILES string of the molecule is CC(=O)OC1C2C(OC(=O)c3ccccc3)C(OC(=O)c3ccccc3)C3(C)C(O)C(=O)CC(C)C13OC2(C)C. The van der Waals surface area contributed by atoms with Crippen LogP contribution >= 0.6 is 0 Å². The predicted octanol–water partition coefficient (Wildman–Crippen LogP) is 3.52. The molecule has 3 fully saturated rings. The molecule has 3 aliphatic rings. The molecular weight excluding hydrogens is 516 g/mol. The van der Waals surface area contributed by atoms with Gasteiger partial charge in [-0.05, 0) is 51.0 Å². The van der Waals surface area contributed by atoms with E-state index in [0.29, 0.717) is 0 Å². The van der Waals surface area contributed by atoms with Crippen LogP contribution in [0.2, 0.25) is 0 Å². The van der Waals surface area contributed by atoms with Gasteiger partial charge >= 0.3 is 17.9 Å². The summed E-state index contributed by atoms with van der Waals surface area (Å²) in [5, 5.41) is 11.6. The van der Waals surface area contributed by atoms with Gasteiger partial charge in [0.15, 0.2) is 11.9 Å². The van der Waals surface area contributed by atoms with Crippen molar-refractivity contribution in [3.8, 4) is 0 Å². The molecule has 0 aromatic heterocycles. The molecule has 1 aliphatic heterocycles. The molecule has 2 bridgehead atoms. The molecule has 0 radical (unpaired) electrons. The number of aliphatic hydroxyl groups is 1. The first-order valence-electron chi connectivity index (χ1n) is 13.4. The Morgan fingerprint density at radius 1 is 0.850 bits per heavy atom. The Morgan fingerprint density at radius 2 is 1.38 bits per heavy atom. The third kappa shape index (κ3) is 4.06. The maximum absolute atomic E-state index is 13.5. The van der Waals surface area contributed by atoms with E-state index in [1.807, 2.05) is 0 Å². The Balaban J connectivity index is 1.71. The van der Waals surface area contributed by atoms with E-state index in [0.717, 1.165) is 0 Å². The van der Waals surface area contributed by atoms with Gasteiger partial charge in [-0.3, -0.25) is 9.59 Å². The van der Waals surface area contributed by atoms with E-state index < -0.39 is 76.6 Å². The fourth-order valence-corrected chi connectivity index (χ4v) is 7.30. The van der Waals surface area contributed by atoms with Gasteiger partial charge in [0.1, 0.15) is 23.9 Å². The fourth-order valence-electron chi connectivity index (χ4n) is 7.30. The second-order valence-corrected chi connectivity index (χ2v) is 11.7. The van der Waals surface area contributed by atoms with Crippen LogP contribution in [0, 0.1) is 17.3 Å². The topological polar surface area (TPSA) is 125 Å². The number of hydrogen-bond acceptors (Lipinski definition) is 9. The van der Waals surface area contributed by atoms with Crippen LogP contribution in [-0.4, -0.2) is 64.4 Å². The second-order valence-electron chi connectivity index (χ2n) is 11.7. The second kappa shape index (κ2) is 9.82. The third-order valence-electron chi connectivity index (χ3n) is 8.97. The van der Waals surface area contributed by atoms with Crippen LogP contribution in [0.25, 0.3) is 0 Å². The quantitative estimate of drug-likeness (QED) is 0.440. The number of ether oxygens (including phenoxy) is 4. The number of Topliss-reactive ketones (excluding diaryl/α,β-unsaturated/α-hetero) is 1. The zero-order valence-corrected chi connectivity index (χ0v) is 23.2. The van der Waals surface area contributed by atoms with Crippen molar-refractivity contribution in [1.29, 1.82) is 0 Å². The normalized spacial score (nSPS) is 35.8. The fraction of sp³-hybridized carbons (Fsp3) is 0.484. The van der Waals surface area contributed by atoms with Crippen molar-refractivity contribution in [1.82, 2.24) is 0 Å². The average molecular weight is 551 g/mol. The Kier molecular flexibility index (Phi) is 6.87. The van der Waals surface area contributed by atoms with Gasteiger partial charge in [0.25, 0.3) is 0 Å². The summed E-state index contributed by atoms with van der Waals surface area (Å²) in [5.74, 6) is -3.81.